The molecular formula is C30H38Cl2N8O3S. The number of halogens is 2. The van der Waals surface area contributed by atoms with E-state index in [0.29, 0.717) is 53.8 Å². The van der Waals surface area contributed by atoms with E-state index in [9.17, 15) is 8.42 Å². The molecule has 7 rings (SSSR count). The molecule has 11 nitrogen and oxygen atoms in total. The lowest BCUT2D eigenvalue weighted by atomic mass is 10.00. The third-order valence-electron chi connectivity index (χ3n) is 8.90. The zero-order valence-corrected chi connectivity index (χ0v) is 27.1. The van der Waals surface area contributed by atoms with Gasteiger partial charge in [-0.2, -0.15) is 4.98 Å². The van der Waals surface area contributed by atoms with Crippen LogP contribution in [0.25, 0.3) is 0 Å². The molecule has 5 heterocycles. The van der Waals surface area contributed by atoms with Crippen LogP contribution in [0.15, 0.2) is 36.5 Å². The minimum Gasteiger partial charge on any atom is -0.491 e. The Morgan fingerprint density at radius 3 is 2.57 bits per heavy atom. The molecule has 2 saturated heterocycles. The summed E-state index contributed by atoms with van der Waals surface area (Å²) in [6.45, 7) is 7.60. The summed E-state index contributed by atoms with van der Waals surface area (Å²) in [6.07, 6.45) is 6.63. The molecule has 44 heavy (non-hydrogen) atoms. The van der Waals surface area contributed by atoms with Gasteiger partial charge in [0.15, 0.2) is 5.82 Å². The number of benzene rings is 2. The fourth-order valence-electron chi connectivity index (χ4n) is 6.81. The highest BCUT2D eigenvalue weighted by atomic mass is 35.5. The Morgan fingerprint density at radius 1 is 1.00 bits per heavy atom. The first-order valence-corrected chi connectivity index (χ1v) is 17.2. The van der Waals surface area contributed by atoms with E-state index in [0.717, 1.165) is 62.7 Å². The van der Waals surface area contributed by atoms with Crippen molar-refractivity contribution in [2.45, 2.75) is 31.7 Å². The summed E-state index contributed by atoms with van der Waals surface area (Å²) in [5, 5.41) is 10.4. The summed E-state index contributed by atoms with van der Waals surface area (Å²) < 4.78 is 32.4. The first-order chi connectivity index (χ1) is 20.8. The fraction of sp³-hybridized carbons (Fsp3) is 0.467. The highest BCUT2D eigenvalue weighted by Crippen LogP contribution is 2.43. The van der Waals surface area contributed by atoms with Gasteiger partial charge in [-0.25, -0.2) is 13.4 Å². The number of nitrogens with one attached hydrogen (secondary N) is 3. The SMILES string of the molecule is CS(=O)(=O)N1CCc2cccc(Nc3nc(Nc4ccc(N5CCC(N6CCNCC6)CC5)c5c4OCC5)ncc3Cl)c21.Cl. The maximum Gasteiger partial charge on any atom is 0.232 e. The number of rotatable bonds is 7. The van der Waals surface area contributed by atoms with Gasteiger partial charge >= 0.3 is 0 Å². The number of piperazine rings is 1. The number of nitrogens with zero attached hydrogens (tertiary/aromatic N) is 5. The van der Waals surface area contributed by atoms with Gasteiger partial charge in [0, 0.05) is 69.5 Å². The van der Waals surface area contributed by atoms with Crippen LogP contribution in [0.5, 0.6) is 5.75 Å². The van der Waals surface area contributed by atoms with Crippen LogP contribution in [0.4, 0.5) is 34.5 Å². The monoisotopic (exact) mass is 660 g/mol. The number of para-hydroxylation sites is 1. The van der Waals surface area contributed by atoms with Crippen molar-refractivity contribution < 1.29 is 13.2 Å². The summed E-state index contributed by atoms with van der Waals surface area (Å²) >= 11 is 6.50. The Labute approximate surface area is 269 Å². The molecule has 3 N–H and O–H groups in total. The molecule has 0 radical (unpaired) electrons. The Bertz CT molecular complexity index is 1630. The van der Waals surface area contributed by atoms with Gasteiger partial charge in [-0.1, -0.05) is 23.7 Å². The van der Waals surface area contributed by atoms with Gasteiger partial charge in [0.05, 0.1) is 36.1 Å². The lowest BCUT2D eigenvalue weighted by Crippen LogP contribution is -2.52. The summed E-state index contributed by atoms with van der Waals surface area (Å²) in [4.78, 5) is 14.2. The number of fused-ring (bicyclic) bond motifs is 2. The van der Waals surface area contributed by atoms with Crippen LogP contribution in [0, 0.1) is 0 Å². The van der Waals surface area contributed by atoms with Crippen molar-refractivity contribution in [1.82, 2.24) is 20.2 Å². The maximum atomic E-state index is 12.4. The van der Waals surface area contributed by atoms with E-state index >= 15 is 0 Å². The van der Waals surface area contributed by atoms with Crippen molar-refractivity contribution in [2.75, 3.05) is 78.5 Å². The normalized spacial score (nSPS) is 18.8. The number of anilines is 6. The highest BCUT2D eigenvalue weighted by Gasteiger charge is 2.31. The number of aromatic nitrogens is 2. The summed E-state index contributed by atoms with van der Waals surface area (Å²) in [5.41, 5.74) is 5.50. The largest absolute Gasteiger partial charge is 0.491 e. The quantitative estimate of drug-likeness (QED) is 0.341. The number of ether oxygens (including phenoxy) is 1. The Morgan fingerprint density at radius 2 is 1.80 bits per heavy atom. The second kappa shape index (κ2) is 12.8. The first kappa shape index (κ1) is 31.0. The van der Waals surface area contributed by atoms with Crippen molar-refractivity contribution in [1.29, 1.82) is 0 Å². The van der Waals surface area contributed by atoms with E-state index in [1.807, 2.05) is 24.3 Å². The molecule has 14 heteroatoms. The summed E-state index contributed by atoms with van der Waals surface area (Å²) in [6, 6.07) is 10.6. The molecular weight excluding hydrogens is 623 g/mol. The standard InChI is InChI=1S/C30H37ClN8O3S.ClH/c1-43(40,41)39-15-7-20-3-2-4-24(27(20)39)34-29-23(31)19-33-30(36-29)35-25-5-6-26(22-10-18-42-28(22)25)38-13-8-21(9-14-38)37-16-11-32-12-17-37;/h2-6,19,21,32H,7-18H2,1H3,(H2,33,34,35,36);1H. The Balaban J connectivity index is 0.00000343. The van der Waals surface area contributed by atoms with E-state index in [2.05, 4.69) is 41.8 Å². The topological polar surface area (TPSA) is 115 Å². The highest BCUT2D eigenvalue weighted by molar-refractivity contribution is 7.92. The Hall–Kier alpha value is -3.03. The van der Waals surface area contributed by atoms with Gasteiger partial charge in [0.1, 0.15) is 10.8 Å². The molecule has 4 aliphatic heterocycles. The molecule has 0 amide bonds. The summed E-state index contributed by atoms with van der Waals surface area (Å²) in [7, 11) is -3.42. The minimum atomic E-state index is -3.42. The van der Waals surface area contributed by atoms with E-state index < -0.39 is 10.0 Å². The van der Waals surface area contributed by atoms with Crippen LogP contribution in [-0.4, -0.2) is 88.0 Å². The zero-order valence-electron chi connectivity index (χ0n) is 24.7. The lowest BCUT2D eigenvalue weighted by molar-refractivity contribution is 0.150. The molecule has 3 aromatic rings. The van der Waals surface area contributed by atoms with Crippen LogP contribution in [-0.2, 0) is 22.9 Å². The molecule has 0 bridgehead atoms. The second-order valence-electron chi connectivity index (χ2n) is 11.6. The maximum absolute atomic E-state index is 12.4. The molecule has 2 fully saturated rings. The van der Waals surface area contributed by atoms with E-state index in [-0.39, 0.29) is 12.4 Å². The predicted octanol–water partition coefficient (Wildman–Crippen LogP) is 4.17. The number of hydrogen-bond donors (Lipinski definition) is 3. The second-order valence-corrected chi connectivity index (χ2v) is 13.9. The van der Waals surface area contributed by atoms with E-state index in [1.54, 1.807) is 0 Å². The minimum absolute atomic E-state index is 0. The van der Waals surface area contributed by atoms with E-state index in [1.165, 1.54) is 40.9 Å². The van der Waals surface area contributed by atoms with Crippen molar-refractivity contribution in [3.63, 3.8) is 0 Å². The molecule has 0 unspecified atom stereocenters. The molecule has 0 spiro atoms. The average Bonchev–Trinajstić information content (AvgIpc) is 3.69. The van der Waals surface area contributed by atoms with Gasteiger partial charge in [0.25, 0.3) is 0 Å². The first-order valence-electron chi connectivity index (χ1n) is 15.0. The van der Waals surface area contributed by atoms with Gasteiger partial charge < -0.3 is 25.6 Å². The van der Waals surface area contributed by atoms with Crippen LogP contribution < -0.4 is 29.9 Å². The van der Waals surface area contributed by atoms with Crippen LogP contribution in [0.3, 0.4) is 0 Å². The predicted molar refractivity (Wildman–Crippen MR) is 179 cm³/mol. The fourth-order valence-corrected chi connectivity index (χ4v) is 7.92. The lowest BCUT2D eigenvalue weighted by Gasteiger charge is -2.41. The molecule has 0 atom stereocenters. The van der Waals surface area contributed by atoms with E-state index in [4.69, 9.17) is 16.3 Å². The smallest absolute Gasteiger partial charge is 0.232 e. The molecule has 0 saturated carbocycles. The molecule has 1 aromatic heterocycles. The zero-order chi connectivity index (χ0) is 29.6. The third-order valence-corrected chi connectivity index (χ3v) is 10.3. The van der Waals surface area contributed by atoms with Gasteiger partial charge in [0.2, 0.25) is 16.0 Å². The number of sulfonamides is 1. The molecule has 0 aliphatic carbocycles. The molecule has 4 aliphatic rings. The van der Waals surface area contributed by atoms with Crippen molar-refractivity contribution in [3.05, 3.63) is 52.7 Å². The molecule has 2 aromatic carbocycles. The number of hydrogen-bond acceptors (Lipinski definition) is 10. The van der Waals surface area contributed by atoms with Crippen LogP contribution in [0.2, 0.25) is 5.02 Å². The van der Waals surface area contributed by atoms with Gasteiger partial charge in [-0.15, -0.1) is 12.4 Å². The van der Waals surface area contributed by atoms with Crippen LogP contribution in [0.1, 0.15) is 24.0 Å². The van der Waals surface area contributed by atoms with Crippen molar-refractivity contribution >= 4 is 68.5 Å². The average molecular weight is 662 g/mol. The van der Waals surface area contributed by atoms with Crippen molar-refractivity contribution in [3.8, 4) is 5.75 Å². The number of piperidine rings is 1. The Kier molecular flexibility index (Phi) is 8.98. The summed E-state index contributed by atoms with van der Waals surface area (Å²) in [5.74, 6) is 1.59. The van der Waals surface area contributed by atoms with Gasteiger partial charge in [-0.3, -0.25) is 9.21 Å². The van der Waals surface area contributed by atoms with Gasteiger partial charge in [-0.05, 0) is 43.0 Å². The van der Waals surface area contributed by atoms with Crippen LogP contribution >= 0.6 is 24.0 Å². The third kappa shape index (κ3) is 6.10. The molecule has 236 valence electrons. The van der Waals surface area contributed by atoms with Crippen molar-refractivity contribution in [2.24, 2.45) is 0 Å².